The van der Waals surface area contributed by atoms with Crippen LogP contribution in [0.15, 0.2) is 6.20 Å². The highest BCUT2D eigenvalue weighted by Crippen LogP contribution is 2.14. The van der Waals surface area contributed by atoms with E-state index in [1.165, 1.54) is 0 Å². The minimum absolute atomic E-state index is 0.00143. The van der Waals surface area contributed by atoms with E-state index in [1.54, 1.807) is 11.1 Å². The minimum Gasteiger partial charge on any atom is -0.375 e. The van der Waals surface area contributed by atoms with Crippen LogP contribution in [0.5, 0.6) is 0 Å². The maximum Gasteiger partial charge on any atom is 0.225 e. The molecule has 6 nitrogen and oxygen atoms in total. The van der Waals surface area contributed by atoms with Crippen LogP contribution in [0.3, 0.4) is 0 Å². The van der Waals surface area contributed by atoms with Crippen molar-refractivity contribution < 1.29 is 9.53 Å². The molecular weight excluding hydrogens is 268 g/mol. The molecule has 1 aromatic rings. The van der Waals surface area contributed by atoms with E-state index in [4.69, 9.17) is 4.74 Å². The Morgan fingerprint density at radius 1 is 1.62 bits per heavy atom. The van der Waals surface area contributed by atoms with E-state index in [-0.39, 0.29) is 12.0 Å². The van der Waals surface area contributed by atoms with Gasteiger partial charge in [-0.1, -0.05) is 0 Å². The number of aromatic nitrogens is 2. The van der Waals surface area contributed by atoms with Crippen molar-refractivity contribution in [2.75, 3.05) is 26.7 Å². The quantitative estimate of drug-likeness (QED) is 0.886. The summed E-state index contributed by atoms with van der Waals surface area (Å²) in [5, 5.41) is 6.88. The third-order valence-corrected chi connectivity index (χ3v) is 4.07. The standard InChI is InChI=1S/C15H26N4O2/c1-11(2)19-5-6-21-14(10-19)7-15(20)18(4)9-13-8-16-17-12(13)3/h8,11,14H,5-7,9-10H2,1-4H3,(H,16,17)/t14-/m1/s1. The van der Waals surface area contributed by atoms with Gasteiger partial charge < -0.3 is 9.64 Å². The molecule has 0 unspecified atom stereocenters. The lowest BCUT2D eigenvalue weighted by atomic mass is 10.1. The van der Waals surface area contributed by atoms with Crippen molar-refractivity contribution in [1.82, 2.24) is 20.0 Å². The number of ether oxygens (including phenoxy) is 1. The first-order valence-corrected chi connectivity index (χ1v) is 7.55. The first kappa shape index (κ1) is 16.0. The van der Waals surface area contributed by atoms with Crippen molar-refractivity contribution in [2.24, 2.45) is 0 Å². The van der Waals surface area contributed by atoms with Gasteiger partial charge in [0.05, 0.1) is 25.3 Å². The van der Waals surface area contributed by atoms with E-state index >= 15 is 0 Å². The SMILES string of the molecule is Cc1[nH]ncc1CN(C)C(=O)C[C@@H]1CN(C(C)C)CCO1. The van der Waals surface area contributed by atoms with Crippen LogP contribution in [0.25, 0.3) is 0 Å². The van der Waals surface area contributed by atoms with Gasteiger partial charge in [0, 0.05) is 44.0 Å². The summed E-state index contributed by atoms with van der Waals surface area (Å²) in [6, 6.07) is 0.498. The van der Waals surface area contributed by atoms with Crippen LogP contribution in [0.4, 0.5) is 0 Å². The second-order valence-corrected chi connectivity index (χ2v) is 6.06. The van der Waals surface area contributed by atoms with Crippen LogP contribution in [-0.4, -0.2) is 64.8 Å². The zero-order chi connectivity index (χ0) is 15.4. The number of nitrogens with one attached hydrogen (secondary N) is 1. The van der Waals surface area contributed by atoms with E-state index in [9.17, 15) is 4.79 Å². The molecule has 1 aromatic heterocycles. The van der Waals surface area contributed by atoms with E-state index in [0.29, 0.717) is 25.6 Å². The van der Waals surface area contributed by atoms with Crippen molar-refractivity contribution in [3.8, 4) is 0 Å². The number of aromatic amines is 1. The second kappa shape index (κ2) is 7.04. The van der Waals surface area contributed by atoms with Gasteiger partial charge in [-0.25, -0.2) is 0 Å². The molecular formula is C15H26N4O2. The number of aryl methyl sites for hydroxylation is 1. The summed E-state index contributed by atoms with van der Waals surface area (Å²) >= 11 is 0. The molecule has 0 aliphatic carbocycles. The highest BCUT2D eigenvalue weighted by atomic mass is 16.5. The average Bonchev–Trinajstić information content (AvgIpc) is 2.84. The molecule has 2 rings (SSSR count). The Hall–Kier alpha value is -1.40. The molecule has 1 saturated heterocycles. The summed E-state index contributed by atoms with van der Waals surface area (Å²) in [6.07, 6.45) is 2.22. The molecule has 2 heterocycles. The summed E-state index contributed by atoms with van der Waals surface area (Å²) in [5.74, 6) is 0.117. The van der Waals surface area contributed by atoms with E-state index in [2.05, 4.69) is 28.9 Å². The van der Waals surface area contributed by atoms with Crippen molar-refractivity contribution in [3.63, 3.8) is 0 Å². The molecule has 6 heteroatoms. The van der Waals surface area contributed by atoms with Gasteiger partial charge in [0.2, 0.25) is 5.91 Å². The largest absolute Gasteiger partial charge is 0.375 e. The zero-order valence-electron chi connectivity index (χ0n) is 13.4. The smallest absolute Gasteiger partial charge is 0.225 e. The van der Waals surface area contributed by atoms with Gasteiger partial charge in [-0.2, -0.15) is 5.10 Å². The fourth-order valence-electron chi connectivity index (χ4n) is 2.56. The lowest BCUT2D eigenvalue weighted by Gasteiger charge is -2.35. The molecule has 0 saturated carbocycles. The average molecular weight is 294 g/mol. The van der Waals surface area contributed by atoms with E-state index in [1.807, 2.05) is 14.0 Å². The molecule has 1 N–H and O–H groups in total. The third kappa shape index (κ3) is 4.28. The van der Waals surface area contributed by atoms with Crippen LogP contribution in [0.1, 0.15) is 31.5 Å². The number of carbonyl (C=O) groups excluding carboxylic acids is 1. The lowest BCUT2D eigenvalue weighted by Crippen LogP contribution is -2.47. The van der Waals surface area contributed by atoms with Gasteiger partial charge in [-0.05, 0) is 20.8 Å². The number of hydrogen-bond acceptors (Lipinski definition) is 4. The summed E-state index contributed by atoms with van der Waals surface area (Å²) in [5.41, 5.74) is 2.06. The Morgan fingerprint density at radius 3 is 3.00 bits per heavy atom. The fraction of sp³-hybridized carbons (Fsp3) is 0.733. The monoisotopic (exact) mass is 294 g/mol. The van der Waals surface area contributed by atoms with Gasteiger partial charge in [0.25, 0.3) is 0 Å². The van der Waals surface area contributed by atoms with Crippen LogP contribution in [0.2, 0.25) is 0 Å². The normalized spacial score (nSPS) is 20.0. The van der Waals surface area contributed by atoms with Gasteiger partial charge in [-0.15, -0.1) is 0 Å². The molecule has 1 fully saturated rings. The van der Waals surface area contributed by atoms with Gasteiger partial charge in [0.1, 0.15) is 0 Å². The first-order chi connectivity index (χ1) is 9.97. The number of carbonyl (C=O) groups is 1. The number of hydrogen-bond donors (Lipinski definition) is 1. The maximum atomic E-state index is 12.3. The Labute approximate surface area is 126 Å². The molecule has 1 aliphatic rings. The number of morpholine rings is 1. The molecule has 1 aliphatic heterocycles. The summed E-state index contributed by atoms with van der Waals surface area (Å²) in [7, 11) is 1.83. The molecule has 0 aromatic carbocycles. The van der Waals surface area contributed by atoms with Crippen molar-refractivity contribution >= 4 is 5.91 Å². The molecule has 118 valence electrons. The number of amides is 1. The Balaban J connectivity index is 1.84. The van der Waals surface area contributed by atoms with Crippen molar-refractivity contribution in [3.05, 3.63) is 17.5 Å². The Bertz CT molecular complexity index is 472. The topological polar surface area (TPSA) is 61.5 Å². The predicted octanol–water partition coefficient (Wildman–Crippen LogP) is 1.18. The van der Waals surface area contributed by atoms with E-state index in [0.717, 1.165) is 24.3 Å². The van der Waals surface area contributed by atoms with Crippen molar-refractivity contribution in [2.45, 2.75) is 45.9 Å². The maximum absolute atomic E-state index is 12.3. The first-order valence-electron chi connectivity index (χ1n) is 7.55. The molecule has 0 spiro atoms. The predicted molar refractivity (Wildman–Crippen MR) is 80.9 cm³/mol. The lowest BCUT2D eigenvalue weighted by molar-refractivity contribution is -0.135. The Kier molecular flexibility index (Phi) is 5.36. The van der Waals surface area contributed by atoms with Crippen LogP contribution in [0, 0.1) is 6.92 Å². The van der Waals surface area contributed by atoms with Gasteiger partial charge >= 0.3 is 0 Å². The molecule has 21 heavy (non-hydrogen) atoms. The van der Waals surface area contributed by atoms with Crippen LogP contribution >= 0.6 is 0 Å². The number of rotatable bonds is 5. The summed E-state index contributed by atoms with van der Waals surface area (Å²) < 4.78 is 5.73. The van der Waals surface area contributed by atoms with Crippen LogP contribution < -0.4 is 0 Å². The minimum atomic E-state index is 0.00143. The second-order valence-electron chi connectivity index (χ2n) is 6.06. The summed E-state index contributed by atoms with van der Waals surface area (Å²) in [4.78, 5) is 16.4. The highest BCUT2D eigenvalue weighted by Gasteiger charge is 2.25. The molecule has 0 radical (unpaired) electrons. The third-order valence-electron chi connectivity index (χ3n) is 4.07. The van der Waals surface area contributed by atoms with Gasteiger partial charge in [0.15, 0.2) is 0 Å². The Morgan fingerprint density at radius 2 is 2.38 bits per heavy atom. The highest BCUT2D eigenvalue weighted by molar-refractivity contribution is 5.76. The number of H-pyrrole nitrogens is 1. The van der Waals surface area contributed by atoms with Crippen molar-refractivity contribution in [1.29, 1.82) is 0 Å². The molecule has 0 bridgehead atoms. The zero-order valence-corrected chi connectivity index (χ0v) is 13.4. The van der Waals surface area contributed by atoms with Gasteiger partial charge in [-0.3, -0.25) is 14.8 Å². The van der Waals surface area contributed by atoms with Crippen LogP contribution in [-0.2, 0) is 16.1 Å². The molecule has 1 atom stereocenters. The van der Waals surface area contributed by atoms with E-state index < -0.39 is 0 Å². The summed E-state index contributed by atoms with van der Waals surface area (Å²) in [6.45, 7) is 9.40. The molecule has 1 amide bonds. The number of nitrogens with zero attached hydrogens (tertiary/aromatic N) is 3. The fourth-order valence-corrected chi connectivity index (χ4v) is 2.56.